The zero-order chi connectivity index (χ0) is 23.8. The fourth-order valence-corrected chi connectivity index (χ4v) is 5.50. The van der Waals surface area contributed by atoms with Gasteiger partial charge in [-0.2, -0.15) is 0 Å². The molecular weight excluding hydrogens is 434 g/mol. The molecule has 9 nitrogen and oxygen atoms in total. The number of aromatic nitrogens is 1. The number of nitrogens with one attached hydrogen (secondary N) is 4. The molecule has 3 heterocycles. The Kier molecular flexibility index (Phi) is 6.20. The summed E-state index contributed by atoms with van der Waals surface area (Å²) in [5, 5.41) is 9.88. The minimum absolute atomic E-state index is 0.0372. The Bertz CT molecular complexity index is 1090. The van der Waals surface area contributed by atoms with Gasteiger partial charge in [-0.3, -0.25) is 14.4 Å². The van der Waals surface area contributed by atoms with Crippen molar-refractivity contribution in [2.75, 3.05) is 27.2 Å². The standard InChI is InChI=1S/C25H33N5O4/c1-26-22(11-15-8-9-27-23(15)31)29-24(32)20-10-16(14-6-7-14)13-30(20)25(33)19-12-17-18(28-19)4-3-5-21(17)34-2/h3-5,12,14-16,20,22,26,28H,6-11,13H2,1-2H3,(H,27,31)(H,29,32). The van der Waals surface area contributed by atoms with E-state index < -0.39 is 6.04 Å². The highest BCUT2D eigenvalue weighted by atomic mass is 16.5. The molecule has 1 aromatic heterocycles. The molecule has 0 spiro atoms. The predicted molar refractivity (Wildman–Crippen MR) is 127 cm³/mol. The zero-order valence-corrected chi connectivity index (χ0v) is 19.7. The van der Waals surface area contributed by atoms with Crippen LogP contribution in [0.15, 0.2) is 24.3 Å². The summed E-state index contributed by atoms with van der Waals surface area (Å²) < 4.78 is 5.44. The van der Waals surface area contributed by atoms with E-state index in [4.69, 9.17) is 4.74 Å². The quantitative estimate of drug-likeness (QED) is 0.440. The number of benzene rings is 1. The van der Waals surface area contributed by atoms with Crippen molar-refractivity contribution in [3.05, 3.63) is 30.0 Å². The summed E-state index contributed by atoms with van der Waals surface area (Å²) in [6.45, 7) is 1.26. The molecule has 9 heteroatoms. The van der Waals surface area contributed by atoms with Crippen LogP contribution in [0.5, 0.6) is 5.75 Å². The molecule has 3 amide bonds. The lowest BCUT2D eigenvalue weighted by Gasteiger charge is -2.27. The molecule has 182 valence electrons. The van der Waals surface area contributed by atoms with Gasteiger partial charge in [-0.1, -0.05) is 6.07 Å². The Morgan fingerprint density at radius 1 is 1.24 bits per heavy atom. The SMILES string of the molecule is CNC(CC1CCNC1=O)NC(=O)C1CC(C2CC2)CN1C(=O)c1cc2c(OC)cccc2[nH]1. The van der Waals surface area contributed by atoms with Gasteiger partial charge in [-0.25, -0.2) is 0 Å². The molecule has 1 aliphatic carbocycles. The number of ether oxygens (including phenoxy) is 1. The lowest BCUT2D eigenvalue weighted by Crippen LogP contribution is -2.53. The first-order valence-electron chi connectivity index (χ1n) is 12.2. The number of rotatable bonds is 8. The van der Waals surface area contributed by atoms with Crippen molar-refractivity contribution >= 4 is 28.6 Å². The monoisotopic (exact) mass is 467 g/mol. The van der Waals surface area contributed by atoms with E-state index in [2.05, 4.69) is 20.9 Å². The van der Waals surface area contributed by atoms with Crippen LogP contribution in [0.25, 0.3) is 10.9 Å². The number of hydrogen-bond donors (Lipinski definition) is 4. The second-order valence-electron chi connectivity index (χ2n) is 9.77. The van der Waals surface area contributed by atoms with Gasteiger partial charge in [0.05, 0.1) is 13.3 Å². The van der Waals surface area contributed by atoms with Gasteiger partial charge < -0.3 is 30.6 Å². The molecule has 0 bridgehead atoms. The third-order valence-electron chi connectivity index (χ3n) is 7.61. The van der Waals surface area contributed by atoms with Gasteiger partial charge >= 0.3 is 0 Å². The molecule has 5 rings (SSSR count). The topological polar surface area (TPSA) is 116 Å². The van der Waals surface area contributed by atoms with Gasteiger partial charge in [0.1, 0.15) is 17.5 Å². The predicted octanol–water partition coefficient (Wildman–Crippen LogP) is 1.61. The first kappa shape index (κ1) is 22.7. The average Bonchev–Trinajstić information content (AvgIpc) is 3.25. The van der Waals surface area contributed by atoms with E-state index in [-0.39, 0.29) is 29.8 Å². The van der Waals surface area contributed by atoms with Crippen LogP contribution >= 0.6 is 0 Å². The summed E-state index contributed by atoms with van der Waals surface area (Å²) in [4.78, 5) is 43.9. The van der Waals surface area contributed by atoms with Crippen LogP contribution in [0.3, 0.4) is 0 Å². The number of carbonyl (C=O) groups excluding carboxylic acids is 3. The number of H-pyrrole nitrogens is 1. The van der Waals surface area contributed by atoms with Crippen LogP contribution in [-0.2, 0) is 9.59 Å². The second-order valence-corrected chi connectivity index (χ2v) is 9.77. The maximum atomic E-state index is 13.6. The van der Waals surface area contributed by atoms with Crippen molar-refractivity contribution in [2.24, 2.45) is 17.8 Å². The average molecular weight is 468 g/mol. The Balaban J connectivity index is 1.34. The molecule has 2 aliphatic heterocycles. The normalized spacial score (nSPS) is 25.4. The highest BCUT2D eigenvalue weighted by molar-refractivity contribution is 6.01. The highest BCUT2D eigenvalue weighted by Gasteiger charge is 2.46. The first-order chi connectivity index (χ1) is 16.5. The van der Waals surface area contributed by atoms with E-state index in [1.54, 1.807) is 19.1 Å². The molecule has 4 unspecified atom stereocenters. The number of hydrogen-bond acceptors (Lipinski definition) is 5. The van der Waals surface area contributed by atoms with Crippen LogP contribution < -0.4 is 20.7 Å². The van der Waals surface area contributed by atoms with Crippen LogP contribution in [0, 0.1) is 17.8 Å². The highest BCUT2D eigenvalue weighted by Crippen LogP contribution is 2.43. The molecule has 1 aromatic carbocycles. The number of likely N-dealkylation sites (tertiary alicyclic amines) is 1. The summed E-state index contributed by atoms with van der Waals surface area (Å²) in [5.41, 5.74) is 1.29. The summed E-state index contributed by atoms with van der Waals surface area (Å²) in [7, 11) is 3.39. The minimum atomic E-state index is -0.528. The van der Waals surface area contributed by atoms with Gasteiger partial charge in [-0.05, 0) is 69.2 Å². The molecule has 2 saturated heterocycles. The van der Waals surface area contributed by atoms with E-state index >= 15 is 0 Å². The number of carbonyl (C=O) groups is 3. The maximum absolute atomic E-state index is 13.6. The number of amides is 3. The first-order valence-corrected chi connectivity index (χ1v) is 12.2. The van der Waals surface area contributed by atoms with E-state index in [9.17, 15) is 14.4 Å². The summed E-state index contributed by atoms with van der Waals surface area (Å²) in [6.07, 6.45) is 3.99. The fourth-order valence-electron chi connectivity index (χ4n) is 5.50. The molecule has 4 N–H and O–H groups in total. The van der Waals surface area contributed by atoms with E-state index in [0.29, 0.717) is 49.2 Å². The number of fused-ring (bicyclic) bond motifs is 1. The Morgan fingerprint density at radius 2 is 2.06 bits per heavy atom. The maximum Gasteiger partial charge on any atom is 0.270 e. The van der Waals surface area contributed by atoms with Crippen LogP contribution in [0.2, 0.25) is 0 Å². The van der Waals surface area contributed by atoms with Gasteiger partial charge in [-0.15, -0.1) is 0 Å². The van der Waals surface area contributed by atoms with Crippen molar-refractivity contribution in [1.82, 2.24) is 25.8 Å². The van der Waals surface area contributed by atoms with Gasteiger partial charge in [0.15, 0.2) is 0 Å². The molecule has 3 aliphatic rings. The van der Waals surface area contributed by atoms with Crippen molar-refractivity contribution < 1.29 is 19.1 Å². The molecule has 1 saturated carbocycles. The van der Waals surface area contributed by atoms with Gasteiger partial charge in [0, 0.05) is 29.9 Å². The number of nitrogens with zero attached hydrogens (tertiary/aromatic N) is 1. The zero-order valence-electron chi connectivity index (χ0n) is 19.7. The number of aromatic amines is 1. The Labute approximate surface area is 199 Å². The molecule has 2 aromatic rings. The molecular formula is C25H33N5O4. The Morgan fingerprint density at radius 3 is 2.74 bits per heavy atom. The summed E-state index contributed by atoms with van der Waals surface area (Å²) in [6, 6.07) is 6.93. The largest absolute Gasteiger partial charge is 0.496 e. The van der Waals surface area contributed by atoms with Crippen molar-refractivity contribution in [3.63, 3.8) is 0 Å². The number of methoxy groups -OCH3 is 1. The van der Waals surface area contributed by atoms with E-state index in [0.717, 1.165) is 17.3 Å². The third kappa shape index (κ3) is 4.36. The van der Waals surface area contributed by atoms with Crippen molar-refractivity contribution in [1.29, 1.82) is 0 Å². The summed E-state index contributed by atoms with van der Waals surface area (Å²) >= 11 is 0. The molecule has 3 fully saturated rings. The second kappa shape index (κ2) is 9.29. The minimum Gasteiger partial charge on any atom is -0.496 e. The van der Waals surface area contributed by atoms with Crippen LogP contribution in [0.4, 0.5) is 0 Å². The third-order valence-corrected chi connectivity index (χ3v) is 7.61. The molecule has 0 radical (unpaired) electrons. The van der Waals surface area contributed by atoms with Crippen LogP contribution in [-0.4, -0.2) is 67.1 Å². The smallest absolute Gasteiger partial charge is 0.270 e. The van der Waals surface area contributed by atoms with E-state index in [1.165, 1.54) is 12.8 Å². The van der Waals surface area contributed by atoms with Crippen LogP contribution in [0.1, 0.15) is 42.6 Å². The lowest BCUT2D eigenvalue weighted by molar-refractivity contribution is -0.127. The Hall–Kier alpha value is -3.07. The van der Waals surface area contributed by atoms with Crippen molar-refractivity contribution in [2.45, 2.75) is 44.3 Å². The van der Waals surface area contributed by atoms with E-state index in [1.807, 2.05) is 24.3 Å². The lowest BCUT2D eigenvalue weighted by atomic mass is 9.99. The van der Waals surface area contributed by atoms with Gasteiger partial charge in [0.2, 0.25) is 11.8 Å². The summed E-state index contributed by atoms with van der Waals surface area (Å²) in [5.74, 6) is 1.23. The fraction of sp³-hybridized carbons (Fsp3) is 0.560. The molecule has 4 atom stereocenters. The van der Waals surface area contributed by atoms with Crippen molar-refractivity contribution in [3.8, 4) is 5.75 Å². The molecule has 34 heavy (non-hydrogen) atoms. The van der Waals surface area contributed by atoms with Gasteiger partial charge in [0.25, 0.3) is 5.91 Å².